The van der Waals surface area contributed by atoms with E-state index in [4.69, 9.17) is 11.6 Å². The van der Waals surface area contributed by atoms with Gasteiger partial charge in [0.25, 0.3) is 0 Å². The molecular formula is C24H31ClN2O. The molecule has 1 atom stereocenters. The standard InChI is InChI=1S/C24H31ClN2O/c25-21-8-4-9-23(16-21)26-14-10-22(11-15-26)27-13-5-12-24(18-27,19-28)17-20-6-2-1-3-7-20/h1-4,6-9,16,22,28H,5,10-15,17-19H2. The van der Waals surface area contributed by atoms with Crippen LogP contribution in [0.15, 0.2) is 54.6 Å². The number of likely N-dealkylation sites (tertiary alicyclic amines) is 1. The second kappa shape index (κ2) is 8.86. The number of hydrogen-bond donors (Lipinski definition) is 1. The smallest absolute Gasteiger partial charge is 0.0502 e. The number of hydrogen-bond acceptors (Lipinski definition) is 3. The number of halogens is 1. The summed E-state index contributed by atoms with van der Waals surface area (Å²) in [5.74, 6) is 0. The highest BCUT2D eigenvalue weighted by molar-refractivity contribution is 6.30. The van der Waals surface area contributed by atoms with E-state index in [0.29, 0.717) is 6.04 Å². The van der Waals surface area contributed by atoms with Crippen molar-refractivity contribution in [3.8, 4) is 0 Å². The fraction of sp³-hybridized carbons (Fsp3) is 0.500. The Labute approximate surface area is 173 Å². The molecule has 0 aliphatic carbocycles. The van der Waals surface area contributed by atoms with Gasteiger partial charge in [0.05, 0.1) is 6.61 Å². The van der Waals surface area contributed by atoms with Crippen LogP contribution in [0.5, 0.6) is 0 Å². The zero-order chi connectivity index (χ0) is 19.4. The van der Waals surface area contributed by atoms with E-state index in [2.05, 4.69) is 52.3 Å². The van der Waals surface area contributed by atoms with Crippen molar-refractivity contribution in [2.75, 3.05) is 37.7 Å². The van der Waals surface area contributed by atoms with Gasteiger partial charge in [-0.2, -0.15) is 0 Å². The normalized spacial score (nSPS) is 24.4. The molecule has 2 saturated heterocycles. The molecule has 3 nitrogen and oxygen atoms in total. The molecule has 0 bridgehead atoms. The molecule has 2 aliphatic rings. The molecular weight excluding hydrogens is 368 g/mol. The van der Waals surface area contributed by atoms with Crippen molar-refractivity contribution in [2.45, 2.75) is 38.1 Å². The Morgan fingerprint density at radius 2 is 1.79 bits per heavy atom. The minimum atomic E-state index is 0.00366. The van der Waals surface area contributed by atoms with Gasteiger partial charge in [-0.3, -0.25) is 4.90 Å². The fourth-order valence-corrected chi connectivity index (χ4v) is 5.26. The number of aliphatic hydroxyl groups is 1. The molecule has 150 valence electrons. The first-order valence-corrected chi connectivity index (χ1v) is 10.9. The quantitative estimate of drug-likeness (QED) is 0.795. The molecule has 0 saturated carbocycles. The molecule has 0 amide bonds. The molecule has 2 fully saturated rings. The van der Waals surface area contributed by atoms with Gasteiger partial charge in [0.15, 0.2) is 0 Å². The second-order valence-corrected chi connectivity index (χ2v) is 9.03. The maximum Gasteiger partial charge on any atom is 0.0502 e. The zero-order valence-electron chi connectivity index (χ0n) is 16.6. The number of aliphatic hydroxyl groups excluding tert-OH is 1. The summed E-state index contributed by atoms with van der Waals surface area (Å²) in [6, 6.07) is 19.5. The SMILES string of the molecule is OCC1(Cc2ccccc2)CCCN(C2CCN(c3cccc(Cl)c3)CC2)C1. The van der Waals surface area contributed by atoms with Gasteiger partial charge in [0, 0.05) is 41.8 Å². The summed E-state index contributed by atoms with van der Waals surface area (Å²) in [6.07, 6.45) is 5.64. The molecule has 0 spiro atoms. The van der Waals surface area contributed by atoms with Gasteiger partial charge in [0.2, 0.25) is 0 Å². The van der Waals surface area contributed by atoms with Crippen LogP contribution in [0.2, 0.25) is 5.02 Å². The van der Waals surface area contributed by atoms with E-state index in [9.17, 15) is 5.11 Å². The van der Waals surface area contributed by atoms with Crippen LogP contribution in [-0.2, 0) is 6.42 Å². The molecule has 4 heteroatoms. The summed E-state index contributed by atoms with van der Waals surface area (Å²) in [5, 5.41) is 11.1. The van der Waals surface area contributed by atoms with Gasteiger partial charge in [-0.05, 0) is 62.4 Å². The lowest BCUT2D eigenvalue weighted by molar-refractivity contribution is 0.00729. The maximum atomic E-state index is 10.3. The Morgan fingerprint density at radius 1 is 1.00 bits per heavy atom. The van der Waals surface area contributed by atoms with Gasteiger partial charge >= 0.3 is 0 Å². The van der Waals surface area contributed by atoms with Crippen molar-refractivity contribution in [3.63, 3.8) is 0 Å². The molecule has 4 rings (SSSR count). The van der Waals surface area contributed by atoms with E-state index in [1.165, 1.54) is 37.1 Å². The predicted octanol–water partition coefficient (Wildman–Crippen LogP) is 4.63. The van der Waals surface area contributed by atoms with Crippen LogP contribution >= 0.6 is 11.6 Å². The third-order valence-electron chi connectivity index (χ3n) is 6.60. The van der Waals surface area contributed by atoms with E-state index >= 15 is 0 Å². The molecule has 2 aromatic carbocycles. The van der Waals surface area contributed by atoms with Gasteiger partial charge < -0.3 is 10.0 Å². The van der Waals surface area contributed by atoms with E-state index in [1.807, 2.05) is 12.1 Å². The van der Waals surface area contributed by atoms with Gasteiger partial charge in [0.1, 0.15) is 0 Å². The Morgan fingerprint density at radius 3 is 2.50 bits per heavy atom. The first kappa shape index (κ1) is 19.8. The average molecular weight is 399 g/mol. The monoisotopic (exact) mass is 398 g/mol. The Kier molecular flexibility index (Phi) is 6.25. The Balaban J connectivity index is 1.38. The third-order valence-corrected chi connectivity index (χ3v) is 6.84. The summed E-state index contributed by atoms with van der Waals surface area (Å²) < 4.78 is 0. The van der Waals surface area contributed by atoms with Gasteiger partial charge in [-0.15, -0.1) is 0 Å². The molecule has 2 heterocycles. The fourth-order valence-electron chi connectivity index (χ4n) is 5.08. The summed E-state index contributed by atoms with van der Waals surface area (Å²) in [7, 11) is 0. The molecule has 0 aromatic heterocycles. The highest BCUT2D eigenvalue weighted by atomic mass is 35.5. The first-order chi connectivity index (χ1) is 13.7. The second-order valence-electron chi connectivity index (χ2n) is 8.59. The van der Waals surface area contributed by atoms with Crippen molar-refractivity contribution in [2.24, 2.45) is 5.41 Å². The van der Waals surface area contributed by atoms with Crippen molar-refractivity contribution >= 4 is 17.3 Å². The van der Waals surface area contributed by atoms with Crippen LogP contribution in [0.4, 0.5) is 5.69 Å². The lowest BCUT2D eigenvalue weighted by atomic mass is 9.75. The van der Waals surface area contributed by atoms with Crippen LogP contribution in [0, 0.1) is 5.41 Å². The topological polar surface area (TPSA) is 26.7 Å². The van der Waals surface area contributed by atoms with Crippen LogP contribution in [0.1, 0.15) is 31.2 Å². The highest BCUT2D eigenvalue weighted by Gasteiger charge is 2.38. The zero-order valence-corrected chi connectivity index (χ0v) is 17.3. The van der Waals surface area contributed by atoms with E-state index in [1.54, 1.807) is 0 Å². The lowest BCUT2D eigenvalue weighted by Crippen LogP contribution is -2.53. The van der Waals surface area contributed by atoms with E-state index in [0.717, 1.165) is 37.5 Å². The van der Waals surface area contributed by atoms with Crippen molar-refractivity contribution in [1.29, 1.82) is 0 Å². The predicted molar refractivity (Wildman–Crippen MR) is 117 cm³/mol. The lowest BCUT2D eigenvalue weighted by Gasteiger charge is -2.47. The highest BCUT2D eigenvalue weighted by Crippen LogP contribution is 2.36. The van der Waals surface area contributed by atoms with Crippen LogP contribution in [0.25, 0.3) is 0 Å². The van der Waals surface area contributed by atoms with E-state index < -0.39 is 0 Å². The molecule has 28 heavy (non-hydrogen) atoms. The summed E-state index contributed by atoms with van der Waals surface area (Å²) in [4.78, 5) is 5.12. The van der Waals surface area contributed by atoms with Crippen LogP contribution < -0.4 is 4.90 Å². The van der Waals surface area contributed by atoms with Crippen molar-refractivity contribution in [3.05, 3.63) is 65.2 Å². The minimum absolute atomic E-state index is 0.00366. The van der Waals surface area contributed by atoms with Crippen molar-refractivity contribution in [1.82, 2.24) is 4.90 Å². The summed E-state index contributed by atoms with van der Waals surface area (Å²) >= 11 is 6.17. The van der Waals surface area contributed by atoms with Crippen LogP contribution in [-0.4, -0.2) is 48.8 Å². The minimum Gasteiger partial charge on any atom is -0.396 e. The molecule has 2 aliphatic heterocycles. The molecule has 1 unspecified atom stereocenters. The number of anilines is 1. The number of piperidine rings is 2. The molecule has 0 radical (unpaired) electrons. The first-order valence-electron chi connectivity index (χ1n) is 10.6. The maximum absolute atomic E-state index is 10.3. The average Bonchev–Trinajstić information content (AvgIpc) is 2.75. The Bertz CT molecular complexity index is 760. The van der Waals surface area contributed by atoms with Gasteiger partial charge in [-0.25, -0.2) is 0 Å². The van der Waals surface area contributed by atoms with Crippen molar-refractivity contribution < 1.29 is 5.11 Å². The number of benzene rings is 2. The summed E-state index contributed by atoms with van der Waals surface area (Å²) in [5.41, 5.74) is 2.58. The Hall–Kier alpha value is -1.55. The largest absolute Gasteiger partial charge is 0.396 e. The molecule has 1 N–H and O–H groups in total. The third kappa shape index (κ3) is 4.53. The van der Waals surface area contributed by atoms with E-state index in [-0.39, 0.29) is 12.0 Å². The summed E-state index contributed by atoms with van der Waals surface area (Å²) in [6.45, 7) is 4.61. The van der Waals surface area contributed by atoms with Gasteiger partial charge in [-0.1, -0.05) is 48.0 Å². The van der Waals surface area contributed by atoms with Crippen LogP contribution in [0.3, 0.4) is 0 Å². The number of nitrogens with zero attached hydrogens (tertiary/aromatic N) is 2. The molecule has 2 aromatic rings. The number of rotatable bonds is 5.